The fraction of sp³-hybridized carbons (Fsp3) is 0.143. The largest absolute Gasteiger partial charge is 0.420 e. The van der Waals surface area contributed by atoms with Crippen molar-refractivity contribution in [1.82, 2.24) is 20.4 Å². The Morgan fingerprint density at radius 1 is 1.38 bits per heavy atom. The Hall–Kier alpha value is -1.98. The SMILES string of the molecule is Cc1nnc(-c2ccc(=O)[nH]n2)o1. The lowest BCUT2D eigenvalue weighted by Gasteiger charge is -1.89. The number of H-pyrrole nitrogens is 1. The lowest BCUT2D eigenvalue weighted by Crippen LogP contribution is -2.05. The number of nitrogens with one attached hydrogen (secondary N) is 1. The van der Waals surface area contributed by atoms with E-state index in [9.17, 15) is 4.79 Å². The van der Waals surface area contributed by atoms with Crippen LogP contribution in [0.4, 0.5) is 0 Å². The van der Waals surface area contributed by atoms with Gasteiger partial charge in [-0.1, -0.05) is 0 Å². The first-order chi connectivity index (χ1) is 6.25. The molecule has 0 aliphatic carbocycles. The van der Waals surface area contributed by atoms with Gasteiger partial charge in [-0.3, -0.25) is 4.79 Å². The first-order valence-corrected chi connectivity index (χ1v) is 3.62. The molecule has 6 heteroatoms. The maximum Gasteiger partial charge on any atom is 0.268 e. The molecule has 1 N–H and O–H groups in total. The van der Waals surface area contributed by atoms with Gasteiger partial charge in [0.15, 0.2) is 0 Å². The lowest BCUT2D eigenvalue weighted by atomic mass is 10.4. The van der Waals surface area contributed by atoms with Gasteiger partial charge in [0.05, 0.1) is 0 Å². The van der Waals surface area contributed by atoms with Crippen molar-refractivity contribution in [2.75, 3.05) is 0 Å². The van der Waals surface area contributed by atoms with Crippen LogP contribution in [-0.4, -0.2) is 20.4 Å². The Balaban J connectivity index is 2.47. The van der Waals surface area contributed by atoms with Gasteiger partial charge in [-0.15, -0.1) is 10.2 Å². The van der Waals surface area contributed by atoms with Crippen molar-refractivity contribution >= 4 is 0 Å². The van der Waals surface area contributed by atoms with E-state index in [1.54, 1.807) is 6.92 Å². The minimum atomic E-state index is -0.264. The normalized spacial score (nSPS) is 10.2. The summed E-state index contributed by atoms with van der Waals surface area (Å²) in [6.07, 6.45) is 0. The van der Waals surface area contributed by atoms with E-state index in [-0.39, 0.29) is 5.56 Å². The quantitative estimate of drug-likeness (QED) is 0.670. The standard InChI is InChI=1S/C7H6N4O2/c1-4-8-11-7(13-4)5-2-3-6(12)10-9-5/h2-3H,1H3,(H,10,12). The van der Waals surface area contributed by atoms with E-state index in [4.69, 9.17) is 4.42 Å². The summed E-state index contributed by atoms with van der Waals surface area (Å²) in [6.45, 7) is 1.68. The van der Waals surface area contributed by atoms with Gasteiger partial charge < -0.3 is 4.42 Å². The second kappa shape index (κ2) is 2.81. The molecule has 0 radical (unpaired) electrons. The summed E-state index contributed by atoms with van der Waals surface area (Å²) < 4.78 is 5.10. The fourth-order valence-electron chi connectivity index (χ4n) is 0.864. The molecule has 0 saturated heterocycles. The van der Waals surface area contributed by atoms with Crippen molar-refractivity contribution in [1.29, 1.82) is 0 Å². The van der Waals surface area contributed by atoms with Gasteiger partial charge >= 0.3 is 0 Å². The van der Waals surface area contributed by atoms with E-state index < -0.39 is 0 Å². The molecule has 0 bridgehead atoms. The molecule has 13 heavy (non-hydrogen) atoms. The number of hydrogen-bond acceptors (Lipinski definition) is 5. The molecule has 2 aromatic rings. The average molecular weight is 178 g/mol. The molecule has 0 amide bonds. The van der Waals surface area contributed by atoms with Crippen molar-refractivity contribution in [3.05, 3.63) is 28.4 Å². The van der Waals surface area contributed by atoms with E-state index in [1.165, 1.54) is 12.1 Å². The zero-order chi connectivity index (χ0) is 9.26. The number of aromatic amines is 1. The highest BCUT2D eigenvalue weighted by Crippen LogP contribution is 2.11. The molecule has 6 nitrogen and oxygen atoms in total. The molecule has 0 aliphatic rings. The van der Waals surface area contributed by atoms with Gasteiger partial charge in [0.25, 0.3) is 11.4 Å². The number of nitrogens with zero attached hydrogens (tertiary/aromatic N) is 3. The number of hydrogen-bond donors (Lipinski definition) is 1. The highest BCUT2D eigenvalue weighted by Gasteiger charge is 2.06. The van der Waals surface area contributed by atoms with Crippen molar-refractivity contribution in [2.45, 2.75) is 6.92 Å². The Kier molecular flexibility index (Phi) is 1.66. The number of aromatic nitrogens is 4. The van der Waals surface area contributed by atoms with Gasteiger partial charge in [0, 0.05) is 13.0 Å². The third kappa shape index (κ3) is 1.46. The summed E-state index contributed by atoms with van der Waals surface area (Å²) >= 11 is 0. The molecule has 2 rings (SSSR count). The minimum absolute atomic E-state index is 0.264. The molecule has 0 aromatic carbocycles. The van der Waals surface area contributed by atoms with E-state index in [2.05, 4.69) is 20.4 Å². The molecule has 66 valence electrons. The van der Waals surface area contributed by atoms with Crippen LogP contribution in [0.25, 0.3) is 11.6 Å². The van der Waals surface area contributed by atoms with Gasteiger partial charge in [-0.05, 0) is 6.07 Å². The lowest BCUT2D eigenvalue weighted by molar-refractivity contribution is 0.530. The molecule has 0 fully saturated rings. The van der Waals surface area contributed by atoms with E-state index in [0.29, 0.717) is 17.5 Å². The molecule has 0 aliphatic heterocycles. The van der Waals surface area contributed by atoms with Crippen molar-refractivity contribution in [2.24, 2.45) is 0 Å². The molecule has 2 aromatic heterocycles. The summed E-state index contributed by atoms with van der Waals surface area (Å²) in [4.78, 5) is 10.7. The van der Waals surface area contributed by atoms with Gasteiger partial charge in [0.2, 0.25) is 5.89 Å². The monoisotopic (exact) mass is 178 g/mol. The topological polar surface area (TPSA) is 84.7 Å². The first-order valence-electron chi connectivity index (χ1n) is 3.62. The van der Waals surface area contributed by atoms with Crippen LogP contribution < -0.4 is 5.56 Å². The fourth-order valence-corrected chi connectivity index (χ4v) is 0.864. The van der Waals surface area contributed by atoms with Crippen LogP contribution in [0.15, 0.2) is 21.3 Å². The number of rotatable bonds is 1. The van der Waals surface area contributed by atoms with Crippen LogP contribution in [-0.2, 0) is 0 Å². The van der Waals surface area contributed by atoms with Crippen LogP contribution in [0.5, 0.6) is 0 Å². The van der Waals surface area contributed by atoms with Crippen LogP contribution >= 0.6 is 0 Å². The first kappa shape index (κ1) is 7.66. The zero-order valence-electron chi connectivity index (χ0n) is 6.81. The Morgan fingerprint density at radius 2 is 2.23 bits per heavy atom. The molecular weight excluding hydrogens is 172 g/mol. The van der Waals surface area contributed by atoms with Crippen molar-refractivity contribution < 1.29 is 4.42 Å². The van der Waals surface area contributed by atoms with E-state index >= 15 is 0 Å². The summed E-state index contributed by atoms with van der Waals surface area (Å²) in [5, 5.41) is 13.4. The smallest absolute Gasteiger partial charge is 0.268 e. The average Bonchev–Trinajstić information content (AvgIpc) is 2.53. The highest BCUT2D eigenvalue weighted by atomic mass is 16.4. The van der Waals surface area contributed by atoms with Crippen LogP contribution in [0.3, 0.4) is 0 Å². The van der Waals surface area contributed by atoms with E-state index in [0.717, 1.165) is 0 Å². The Labute approximate surface area is 72.6 Å². The van der Waals surface area contributed by atoms with Gasteiger partial charge in [-0.2, -0.15) is 5.10 Å². The molecule has 0 saturated carbocycles. The molecule has 0 spiro atoms. The maximum atomic E-state index is 10.7. The predicted molar refractivity (Wildman–Crippen MR) is 42.9 cm³/mol. The van der Waals surface area contributed by atoms with Gasteiger partial charge in [0.1, 0.15) is 5.69 Å². The minimum Gasteiger partial charge on any atom is -0.420 e. The summed E-state index contributed by atoms with van der Waals surface area (Å²) in [5.74, 6) is 0.761. The van der Waals surface area contributed by atoms with Crippen molar-refractivity contribution in [3.63, 3.8) is 0 Å². The Morgan fingerprint density at radius 3 is 2.77 bits per heavy atom. The summed E-state index contributed by atoms with van der Waals surface area (Å²) in [7, 11) is 0. The molecule has 0 unspecified atom stereocenters. The van der Waals surface area contributed by atoms with E-state index in [1.807, 2.05) is 0 Å². The molecule has 0 atom stereocenters. The Bertz CT molecular complexity index is 453. The van der Waals surface area contributed by atoms with Crippen LogP contribution in [0.1, 0.15) is 5.89 Å². The van der Waals surface area contributed by atoms with Crippen LogP contribution in [0.2, 0.25) is 0 Å². The highest BCUT2D eigenvalue weighted by molar-refractivity contribution is 5.43. The molecular formula is C7H6N4O2. The third-order valence-corrected chi connectivity index (χ3v) is 1.42. The second-order valence-electron chi connectivity index (χ2n) is 2.43. The zero-order valence-corrected chi connectivity index (χ0v) is 6.81. The third-order valence-electron chi connectivity index (χ3n) is 1.42. The van der Waals surface area contributed by atoms with Crippen LogP contribution in [0, 0.1) is 6.92 Å². The molecule has 2 heterocycles. The van der Waals surface area contributed by atoms with Gasteiger partial charge in [-0.25, -0.2) is 5.10 Å². The summed E-state index contributed by atoms with van der Waals surface area (Å²) in [5.41, 5.74) is 0.195. The maximum absolute atomic E-state index is 10.7. The number of aryl methyl sites for hydroxylation is 1. The predicted octanol–water partition coefficient (Wildman–Crippen LogP) is 0.128. The second-order valence-corrected chi connectivity index (χ2v) is 2.43. The summed E-state index contributed by atoms with van der Waals surface area (Å²) in [6, 6.07) is 2.87. The van der Waals surface area contributed by atoms with Crippen molar-refractivity contribution in [3.8, 4) is 11.6 Å².